The number of nitrogens with zero attached hydrogens (tertiary/aromatic N) is 3. The molecule has 31 heavy (non-hydrogen) atoms. The Labute approximate surface area is 190 Å². The lowest BCUT2D eigenvalue weighted by Gasteiger charge is -2.26. The van der Waals surface area contributed by atoms with Gasteiger partial charge in [-0.1, -0.05) is 36.4 Å². The first-order chi connectivity index (χ1) is 15.3. The van der Waals surface area contributed by atoms with Crippen molar-refractivity contribution in [2.24, 2.45) is 0 Å². The molecular formula is C24H24N4OS2. The van der Waals surface area contributed by atoms with Gasteiger partial charge >= 0.3 is 0 Å². The lowest BCUT2D eigenvalue weighted by molar-refractivity contribution is 0.0948. The Bertz CT molecular complexity index is 1150. The van der Waals surface area contributed by atoms with Crippen molar-refractivity contribution in [3.8, 4) is 10.6 Å². The number of nitrogens with one attached hydrogen (secondary N) is 1. The molecule has 0 unspecified atom stereocenters. The van der Waals surface area contributed by atoms with Crippen LogP contribution in [0.15, 0.2) is 65.5 Å². The third-order valence-electron chi connectivity index (χ3n) is 5.55. The van der Waals surface area contributed by atoms with Gasteiger partial charge in [-0.2, -0.15) is 5.10 Å². The highest BCUT2D eigenvalue weighted by Crippen LogP contribution is 2.27. The summed E-state index contributed by atoms with van der Waals surface area (Å²) in [5.74, 6) is -0.0593. The number of amides is 1. The highest BCUT2D eigenvalue weighted by molar-refractivity contribution is 7.13. The third-order valence-corrected chi connectivity index (χ3v) is 7.45. The van der Waals surface area contributed by atoms with E-state index in [2.05, 4.69) is 33.8 Å². The van der Waals surface area contributed by atoms with E-state index in [-0.39, 0.29) is 5.91 Å². The van der Waals surface area contributed by atoms with Crippen LogP contribution in [-0.2, 0) is 19.5 Å². The van der Waals surface area contributed by atoms with Crippen LogP contribution in [0.3, 0.4) is 0 Å². The fourth-order valence-electron chi connectivity index (χ4n) is 3.95. The minimum absolute atomic E-state index is 0.0593. The Balaban J connectivity index is 1.26. The van der Waals surface area contributed by atoms with Gasteiger partial charge in [-0.05, 0) is 40.4 Å². The minimum atomic E-state index is -0.0593. The largest absolute Gasteiger partial charge is 0.351 e. The van der Waals surface area contributed by atoms with E-state index in [0.717, 1.165) is 42.2 Å². The van der Waals surface area contributed by atoms with Gasteiger partial charge in [-0.25, -0.2) is 0 Å². The van der Waals surface area contributed by atoms with E-state index in [4.69, 9.17) is 5.10 Å². The first-order valence-corrected chi connectivity index (χ1v) is 12.2. The van der Waals surface area contributed by atoms with Crippen LogP contribution in [0.1, 0.15) is 26.4 Å². The number of aromatic nitrogens is 2. The second-order valence-corrected chi connectivity index (χ2v) is 9.65. The summed E-state index contributed by atoms with van der Waals surface area (Å²) < 4.78 is 1.86. The van der Waals surface area contributed by atoms with Gasteiger partial charge in [0.05, 0.1) is 17.0 Å². The molecule has 3 aromatic heterocycles. The Morgan fingerprint density at radius 2 is 1.97 bits per heavy atom. The third kappa shape index (κ3) is 4.63. The van der Waals surface area contributed by atoms with Crippen LogP contribution in [0, 0.1) is 0 Å². The second-order valence-electron chi connectivity index (χ2n) is 7.70. The minimum Gasteiger partial charge on any atom is -0.351 e. The molecule has 0 aliphatic carbocycles. The number of carbonyl (C=O) groups excluding carboxylic acids is 1. The first kappa shape index (κ1) is 20.2. The normalized spacial score (nSPS) is 13.8. The summed E-state index contributed by atoms with van der Waals surface area (Å²) in [6.07, 6.45) is 2.98. The van der Waals surface area contributed by atoms with E-state index in [1.807, 2.05) is 57.9 Å². The van der Waals surface area contributed by atoms with E-state index in [0.29, 0.717) is 18.7 Å². The molecule has 7 heteroatoms. The van der Waals surface area contributed by atoms with Crippen molar-refractivity contribution in [3.63, 3.8) is 0 Å². The zero-order valence-corrected chi connectivity index (χ0v) is 18.8. The lowest BCUT2D eigenvalue weighted by atomic mass is 10.1. The van der Waals surface area contributed by atoms with Crippen LogP contribution in [0.4, 0.5) is 0 Å². The van der Waals surface area contributed by atoms with Crippen LogP contribution >= 0.6 is 22.7 Å². The van der Waals surface area contributed by atoms with Crippen molar-refractivity contribution < 1.29 is 4.79 Å². The van der Waals surface area contributed by atoms with Gasteiger partial charge in [0, 0.05) is 37.3 Å². The SMILES string of the molecule is O=C(NCCN1CCc2sccc2C1)c1cn(Cc2ccccc2)nc1-c1cccs1. The van der Waals surface area contributed by atoms with Crippen LogP contribution in [0.25, 0.3) is 10.6 Å². The second kappa shape index (κ2) is 9.18. The number of carbonyl (C=O) groups is 1. The Kier molecular flexibility index (Phi) is 5.97. The van der Waals surface area contributed by atoms with Crippen LogP contribution in [0.5, 0.6) is 0 Å². The molecule has 1 aromatic carbocycles. The molecule has 1 aliphatic rings. The standard InChI is InChI=1S/C24H24N4OS2/c29-24(25-10-12-27-11-8-21-19(16-27)9-14-31-21)20-17-28(15-18-5-2-1-3-6-18)26-23(20)22-7-4-13-30-22/h1-7,9,13-14,17H,8,10-12,15-16H2,(H,25,29). The van der Waals surface area contributed by atoms with Gasteiger partial charge in [0.25, 0.3) is 5.91 Å². The molecule has 0 bridgehead atoms. The fourth-order valence-corrected chi connectivity index (χ4v) is 5.57. The summed E-state index contributed by atoms with van der Waals surface area (Å²) in [7, 11) is 0. The van der Waals surface area contributed by atoms with Crippen LogP contribution in [0.2, 0.25) is 0 Å². The maximum absolute atomic E-state index is 13.0. The van der Waals surface area contributed by atoms with E-state index >= 15 is 0 Å². The van der Waals surface area contributed by atoms with Crippen molar-refractivity contribution in [2.75, 3.05) is 19.6 Å². The van der Waals surface area contributed by atoms with Gasteiger partial charge in [0.2, 0.25) is 0 Å². The van der Waals surface area contributed by atoms with Gasteiger partial charge in [0.1, 0.15) is 5.69 Å². The Hall–Kier alpha value is -2.74. The van der Waals surface area contributed by atoms with Crippen LogP contribution in [-0.4, -0.2) is 40.2 Å². The summed E-state index contributed by atoms with van der Waals surface area (Å²) in [5.41, 5.74) is 3.98. The lowest BCUT2D eigenvalue weighted by Crippen LogP contribution is -2.37. The summed E-state index contributed by atoms with van der Waals surface area (Å²) in [6.45, 7) is 4.16. The molecule has 1 amide bonds. The molecule has 0 spiro atoms. The number of benzene rings is 1. The fraction of sp³-hybridized carbons (Fsp3) is 0.250. The average Bonchev–Trinajstić information content (AvgIpc) is 3.54. The number of hydrogen-bond donors (Lipinski definition) is 1. The highest BCUT2D eigenvalue weighted by Gasteiger charge is 2.20. The summed E-state index contributed by atoms with van der Waals surface area (Å²) >= 11 is 3.46. The topological polar surface area (TPSA) is 50.2 Å². The van der Waals surface area contributed by atoms with Gasteiger partial charge < -0.3 is 5.32 Å². The van der Waals surface area contributed by atoms with Gasteiger partial charge in [-0.15, -0.1) is 22.7 Å². The molecule has 5 nitrogen and oxygen atoms in total. The number of fused-ring (bicyclic) bond motifs is 1. The molecule has 0 radical (unpaired) electrons. The molecule has 4 heterocycles. The average molecular weight is 449 g/mol. The smallest absolute Gasteiger partial charge is 0.255 e. The molecule has 0 atom stereocenters. The molecule has 4 aromatic rings. The molecular weight excluding hydrogens is 424 g/mol. The maximum Gasteiger partial charge on any atom is 0.255 e. The zero-order chi connectivity index (χ0) is 21.0. The molecule has 1 N–H and O–H groups in total. The predicted octanol–water partition coefficient (Wildman–Crippen LogP) is 4.51. The molecule has 5 rings (SSSR count). The quantitative estimate of drug-likeness (QED) is 0.453. The monoisotopic (exact) mass is 448 g/mol. The molecule has 0 fully saturated rings. The number of hydrogen-bond acceptors (Lipinski definition) is 5. The van der Waals surface area contributed by atoms with Crippen molar-refractivity contribution in [1.29, 1.82) is 0 Å². The van der Waals surface area contributed by atoms with Crippen molar-refractivity contribution in [3.05, 3.63) is 87.1 Å². The molecule has 0 saturated heterocycles. The zero-order valence-electron chi connectivity index (χ0n) is 17.2. The van der Waals surface area contributed by atoms with Gasteiger partial charge in [0.15, 0.2) is 0 Å². The van der Waals surface area contributed by atoms with E-state index < -0.39 is 0 Å². The van der Waals surface area contributed by atoms with E-state index in [1.165, 1.54) is 10.4 Å². The Morgan fingerprint density at radius 3 is 2.81 bits per heavy atom. The predicted molar refractivity (Wildman–Crippen MR) is 127 cm³/mol. The Morgan fingerprint density at radius 1 is 1.06 bits per heavy atom. The molecule has 158 valence electrons. The number of rotatable bonds is 7. The van der Waals surface area contributed by atoms with Crippen molar-refractivity contribution in [2.45, 2.75) is 19.5 Å². The summed E-state index contributed by atoms with van der Waals surface area (Å²) in [6, 6.07) is 16.4. The van der Waals surface area contributed by atoms with Gasteiger partial charge in [-0.3, -0.25) is 14.4 Å². The first-order valence-electron chi connectivity index (χ1n) is 10.5. The highest BCUT2D eigenvalue weighted by atomic mass is 32.1. The molecule has 0 saturated carbocycles. The summed E-state index contributed by atoms with van der Waals surface area (Å²) in [4.78, 5) is 18.0. The number of thiophene rings is 2. The van der Waals surface area contributed by atoms with Crippen LogP contribution < -0.4 is 5.32 Å². The molecule has 1 aliphatic heterocycles. The van der Waals surface area contributed by atoms with E-state index in [9.17, 15) is 4.79 Å². The van der Waals surface area contributed by atoms with Crippen molar-refractivity contribution >= 4 is 28.6 Å². The van der Waals surface area contributed by atoms with E-state index in [1.54, 1.807) is 11.3 Å². The van der Waals surface area contributed by atoms with Crippen molar-refractivity contribution in [1.82, 2.24) is 20.0 Å². The summed E-state index contributed by atoms with van der Waals surface area (Å²) in [5, 5.41) is 12.1. The maximum atomic E-state index is 13.0.